The minimum absolute atomic E-state index is 0.207. The largest absolute Gasteiger partial charge is 0.294 e. The molecule has 1 amide bonds. The van der Waals surface area contributed by atoms with Crippen molar-refractivity contribution < 1.29 is 4.79 Å². The highest BCUT2D eigenvalue weighted by Gasteiger charge is 2.21. The Morgan fingerprint density at radius 2 is 1.93 bits per heavy atom. The average Bonchev–Trinajstić information content (AvgIpc) is 2.19. The van der Waals surface area contributed by atoms with Crippen LogP contribution in [0.3, 0.4) is 0 Å². The molecule has 14 heavy (non-hydrogen) atoms. The maximum absolute atomic E-state index is 11.5. The third-order valence-corrected chi connectivity index (χ3v) is 2.02. The van der Waals surface area contributed by atoms with Gasteiger partial charge in [0.15, 0.2) is 0 Å². The van der Waals surface area contributed by atoms with Crippen LogP contribution in [-0.2, 0) is 4.79 Å². The molecule has 0 saturated carbocycles. The molecule has 0 aromatic heterocycles. The predicted octanol–water partition coefficient (Wildman–Crippen LogP) is 0.279. The number of nitrogens with zero attached hydrogens (tertiary/aromatic N) is 1. The molecule has 4 nitrogen and oxygen atoms in total. The lowest BCUT2D eigenvalue weighted by Crippen LogP contribution is -2.40. The summed E-state index contributed by atoms with van der Waals surface area (Å²) < 4.78 is 0. The van der Waals surface area contributed by atoms with Crippen molar-refractivity contribution in [2.24, 2.45) is 5.84 Å². The lowest BCUT2D eigenvalue weighted by Gasteiger charge is -2.22. The molecule has 76 valence electrons. The van der Waals surface area contributed by atoms with Gasteiger partial charge in [0.2, 0.25) is 0 Å². The number of hydrogen-bond donors (Lipinski definition) is 2. The summed E-state index contributed by atoms with van der Waals surface area (Å²) >= 11 is 0. The SMILES string of the molecule is CN(C)C(C(=O)NN)c1ccccc1. The van der Waals surface area contributed by atoms with E-state index in [0.717, 1.165) is 5.56 Å². The number of likely N-dealkylation sites (N-methyl/N-ethyl adjacent to an activating group) is 1. The van der Waals surface area contributed by atoms with Gasteiger partial charge in [0.1, 0.15) is 6.04 Å². The molecule has 3 N–H and O–H groups in total. The Morgan fingerprint density at radius 3 is 2.36 bits per heavy atom. The third kappa shape index (κ3) is 2.31. The van der Waals surface area contributed by atoms with Crippen molar-refractivity contribution in [2.45, 2.75) is 6.04 Å². The standard InChI is InChI=1S/C10H15N3O/c1-13(2)9(10(14)12-11)8-6-4-3-5-7-8/h3-7,9H,11H2,1-2H3,(H,12,14). The maximum atomic E-state index is 11.5. The van der Waals surface area contributed by atoms with Gasteiger partial charge < -0.3 is 0 Å². The zero-order chi connectivity index (χ0) is 10.6. The summed E-state index contributed by atoms with van der Waals surface area (Å²) in [6, 6.07) is 9.18. The molecule has 0 bridgehead atoms. The summed E-state index contributed by atoms with van der Waals surface area (Å²) in [6.07, 6.45) is 0. The van der Waals surface area contributed by atoms with Crippen LogP contribution in [0.15, 0.2) is 30.3 Å². The number of benzene rings is 1. The zero-order valence-corrected chi connectivity index (χ0v) is 8.40. The molecular weight excluding hydrogens is 178 g/mol. The first kappa shape index (κ1) is 10.7. The normalized spacial score (nSPS) is 12.6. The molecule has 1 unspecified atom stereocenters. The number of carbonyl (C=O) groups excluding carboxylic acids is 1. The molecule has 0 aliphatic heterocycles. The smallest absolute Gasteiger partial charge is 0.255 e. The molecule has 0 radical (unpaired) electrons. The van der Waals surface area contributed by atoms with Crippen molar-refractivity contribution in [2.75, 3.05) is 14.1 Å². The molecule has 0 fully saturated rings. The van der Waals surface area contributed by atoms with E-state index in [4.69, 9.17) is 5.84 Å². The number of hydrazine groups is 1. The van der Waals surface area contributed by atoms with E-state index in [2.05, 4.69) is 5.43 Å². The second-order valence-corrected chi connectivity index (χ2v) is 3.29. The van der Waals surface area contributed by atoms with E-state index < -0.39 is 0 Å². The summed E-state index contributed by atoms with van der Waals surface area (Å²) in [5.41, 5.74) is 3.10. The summed E-state index contributed by atoms with van der Waals surface area (Å²) in [6.45, 7) is 0. The lowest BCUT2D eigenvalue weighted by molar-refractivity contribution is -0.125. The van der Waals surface area contributed by atoms with E-state index in [1.807, 2.05) is 49.3 Å². The van der Waals surface area contributed by atoms with E-state index >= 15 is 0 Å². The number of amides is 1. The van der Waals surface area contributed by atoms with Crippen LogP contribution in [0.4, 0.5) is 0 Å². The van der Waals surface area contributed by atoms with Crippen molar-refractivity contribution in [3.63, 3.8) is 0 Å². The number of hydrogen-bond acceptors (Lipinski definition) is 3. The van der Waals surface area contributed by atoms with Gasteiger partial charge in [0.05, 0.1) is 0 Å². The highest BCUT2D eigenvalue weighted by molar-refractivity contribution is 5.82. The van der Waals surface area contributed by atoms with Gasteiger partial charge in [-0.25, -0.2) is 5.84 Å². The predicted molar refractivity (Wildman–Crippen MR) is 55.2 cm³/mol. The quantitative estimate of drug-likeness (QED) is 0.412. The Hall–Kier alpha value is -1.39. The number of nitrogens with one attached hydrogen (secondary N) is 1. The van der Waals surface area contributed by atoms with Gasteiger partial charge in [0.25, 0.3) is 5.91 Å². The van der Waals surface area contributed by atoms with E-state index in [0.29, 0.717) is 0 Å². The fraction of sp³-hybridized carbons (Fsp3) is 0.300. The van der Waals surface area contributed by atoms with Crippen molar-refractivity contribution >= 4 is 5.91 Å². The van der Waals surface area contributed by atoms with Crippen LogP contribution in [0, 0.1) is 0 Å². The highest BCUT2D eigenvalue weighted by Crippen LogP contribution is 2.17. The van der Waals surface area contributed by atoms with Crippen LogP contribution < -0.4 is 11.3 Å². The van der Waals surface area contributed by atoms with Gasteiger partial charge in [-0.3, -0.25) is 15.1 Å². The van der Waals surface area contributed by atoms with Crippen LogP contribution >= 0.6 is 0 Å². The maximum Gasteiger partial charge on any atom is 0.255 e. The topological polar surface area (TPSA) is 58.4 Å². The minimum Gasteiger partial charge on any atom is -0.294 e. The van der Waals surface area contributed by atoms with Crippen LogP contribution in [-0.4, -0.2) is 24.9 Å². The molecule has 0 spiro atoms. The second-order valence-electron chi connectivity index (χ2n) is 3.29. The molecular formula is C10H15N3O. The summed E-state index contributed by atoms with van der Waals surface area (Å²) in [5.74, 6) is 4.91. The Kier molecular flexibility index (Phi) is 3.62. The van der Waals surface area contributed by atoms with Crippen LogP contribution in [0.2, 0.25) is 0 Å². The van der Waals surface area contributed by atoms with Crippen molar-refractivity contribution in [3.8, 4) is 0 Å². The Balaban J connectivity index is 2.95. The fourth-order valence-electron chi connectivity index (χ4n) is 1.40. The first-order valence-electron chi connectivity index (χ1n) is 4.38. The molecule has 0 aliphatic carbocycles. The Labute approximate surface area is 83.7 Å². The summed E-state index contributed by atoms with van der Waals surface area (Å²) in [4.78, 5) is 13.3. The Bertz CT molecular complexity index is 297. The van der Waals surface area contributed by atoms with Gasteiger partial charge >= 0.3 is 0 Å². The Morgan fingerprint density at radius 1 is 1.36 bits per heavy atom. The first-order chi connectivity index (χ1) is 6.66. The van der Waals surface area contributed by atoms with Gasteiger partial charge in [-0.15, -0.1) is 0 Å². The van der Waals surface area contributed by atoms with Crippen molar-refractivity contribution in [1.82, 2.24) is 10.3 Å². The van der Waals surface area contributed by atoms with E-state index in [1.165, 1.54) is 0 Å². The van der Waals surface area contributed by atoms with Crippen LogP contribution in [0.5, 0.6) is 0 Å². The fourth-order valence-corrected chi connectivity index (χ4v) is 1.40. The van der Waals surface area contributed by atoms with Crippen LogP contribution in [0.25, 0.3) is 0 Å². The first-order valence-corrected chi connectivity index (χ1v) is 4.38. The lowest BCUT2D eigenvalue weighted by atomic mass is 10.1. The van der Waals surface area contributed by atoms with Gasteiger partial charge in [-0.1, -0.05) is 30.3 Å². The number of rotatable bonds is 3. The van der Waals surface area contributed by atoms with Gasteiger partial charge in [-0.2, -0.15) is 0 Å². The van der Waals surface area contributed by atoms with E-state index in [9.17, 15) is 4.79 Å². The summed E-state index contributed by atoms with van der Waals surface area (Å²) in [5, 5.41) is 0. The van der Waals surface area contributed by atoms with E-state index in [1.54, 1.807) is 0 Å². The molecule has 1 aromatic carbocycles. The minimum atomic E-state index is -0.332. The van der Waals surface area contributed by atoms with E-state index in [-0.39, 0.29) is 11.9 Å². The molecule has 0 aliphatic rings. The molecule has 1 rings (SSSR count). The highest BCUT2D eigenvalue weighted by atomic mass is 16.2. The second kappa shape index (κ2) is 4.74. The molecule has 1 aromatic rings. The molecule has 4 heteroatoms. The van der Waals surface area contributed by atoms with Gasteiger partial charge in [0, 0.05) is 0 Å². The van der Waals surface area contributed by atoms with Crippen molar-refractivity contribution in [3.05, 3.63) is 35.9 Å². The molecule has 0 heterocycles. The third-order valence-electron chi connectivity index (χ3n) is 2.02. The van der Waals surface area contributed by atoms with Gasteiger partial charge in [-0.05, 0) is 19.7 Å². The summed E-state index contributed by atoms with van der Waals surface area (Å²) in [7, 11) is 3.68. The zero-order valence-electron chi connectivity index (χ0n) is 8.40. The number of nitrogens with two attached hydrogens (primary N) is 1. The molecule has 0 saturated heterocycles. The van der Waals surface area contributed by atoms with Crippen LogP contribution in [0.1, 0.15) is 11.6 Å². The average molecular weight is 193 g/mol. The molecule has 1 atom stereocenters. The van der Waals surface area contributed by atoms with Crippen molar-refractivity contribution in [1.29, 1.82) is 0 Å². The monoisotopic (exact) mass is 193 g/mol. The number of carbonyl (C=O) groups is 1.